The molecule has 0 spiro atoms. The Bertz CT molecular complexity index is 381. The molecule has 0 saturated heterocycles. The van der Waals surface area contributed by atoms with Gasteiger partial charge < -0.3 is 10.2 Å². The lowest BCUT2D eigenvalue weighted by Gasteiger charge is -2.19. The van der Waals surface area contributed by atoms with E-state index in [2.05, 4.69) is 5.32 Å². The molecule has 1 N–H and O–H groups in total. The second kappa shape index (κ2) is 6.35. The van der Waals surface area contributed by atoms with Gasteiger partial charge in [0.25, 0.3) is 0 Å². The van der Waals surface area contributed by atoms with Gasteiger partial charge in [-0.1, -0.05) is 19.1 Å². The molecule has 1 aromatic carbocycles. The first-order valence-electron chi connectivity index (χ1n) is 5.80. The molecule has 3 nitrogen and oxygen atoms in total. The van der Waals surface area contributed by atoms with Gasteiger partial charge in [0.2, 0.25) is 5.91 Å². The van der Waals surface area contributed by atoms with E-state index in [1.54, 1.807) is 25.2 Å². The highest BCUT2D eigenvalue weighted by Gasteiger charge is 2.14. The molecular formula is C13H19FN2O. The van der Waals surface area contributed by atoms with Gasteiger partial charge in [-0.25, -0.2) is 4.39 Å². The second-order valence-electron chi connectivity index (χ2n) is 4.09. The van der Waals surface area contributed by atoms with E-state index in [0.29, 0.717) is 5.69 Å². The summed E-state index contributed by atoms with van der Waals surface area (Å²) in [5.41, 5.74) is 0.309. The predicted molar refractivity (Wildman–Crippen MR) is 67.6 cm³/mol. The van der Waals surface area contributed by atoms with Crippen molar-refractivity contribution in [3.63, 3.8) is 0 Å². The first-order valence-corrected chi connectivity index (χ1v) is 5.80. The van der Waals surface area contributed by atoms with Crippen molar-refractivity contribution in [2.75, 3.05) is 18.5 Å². The maximum Gasteiger partial charge on any atom is 0.240 e. The Hall–Kier alpha value is -1.42. The summed E-state index contributed by atoms with van der Waals surface area (Å²) in [5.74, 6) is -0.526. The minimum atomic E-state index is -0.383. The molecule has 4 heteroatoms. The standard InChI is InChI=1S/C13H19FN2O/c1-4-10(2)15-9-13(17)16(3)12-8-6-5-7-11(12)14/h5-8,10,15H,4,9H2,1-3H3. The smallest absolute Gasteiger partial charge is 0.240 e. The number of likely N-dealkylation sites (N-methyl/N-ethyl adjacent to an activating group) is 1. The van der Waals surface area contributed by atoms with Gasteiger partial charge in [0, 0.05) is 13.1 Å². The predicted octanol–water partition coefficient (Wildman–Crippen LogP) is 2.18. The van der Waals surface area contributed by atoms with E-state index < -0.39 is 0 Å². The van der Waals surface area contributed by atoms with E-state index in [1.165, 1.54) is 11.0 Å². The molecule has 0 aliphatic rings. The van der Waals surface area contributed by atoms with Crippen molar-refractivity contribution < 1.29 is 9.18 Å². The van der Waals surface area contributed by atoms with Gasteiger partial charge in [-0.05, 0) is 25.5 Å². The Balaban J connectivity index is 2.61. The lowest BCUT2D eigenvalue weighted by Crippen LogP contribution is -2.39. The van der Waals surface area contributed by atoms with Crippen molar-refractivity contribution in [2.24, 2.45) is 0 Å². The Morgan fingerprint density at radius 2 is 2.12 bits per heavy atom. The molecule has 0 aliphatic heterocycles. The van der Waals surface area contributed by atoms with Gasteiger partial charge in [0.1, 0.15) is 5.82 Å². The van der Waals surface area contributed by atoms with Crippen molar-refractivity contribution in [3.05, 3.63) is 30.1 Å². The Morgan fingerprint density at radius 3 is 2.71 bits per heavy atom. The highest BCUT2D eigenvalue weighted by atomic mass is 19.1. The average molecular weight is 238 g/mol. The van der Waals surface area contributed by atoms with E-state index in [9.17, 15) is 9.18 Å². The highest BCUT2D eigenvalue weighted by Crippen LogP contribution is 2.16. The monoisotopic (exact) mass is 238 g/mol. The normalized spacial score (nSPS) is 12.2. The number of rotatable bonds is 5. The third-order valence-corrected chi connectivity index (χ3v) is 2.80. The lowest BCUT2D eigenvalue weighted by atomic mass is 10.2. The van der Waals surface area contributed by atoms with E-state index in [4.69, 9.17) is 0 Å². The molecule has 1 amide bonds. The maximum absolute atomic E-state index is 13.5. The molecule has 1 atom stereocenters. The average Bonchev–Trinajstić information content (AvgIpc) is 2.35. The van der Waals surface area contributed by atoms with Crippen LogP contribution in [0.15, 0.2) is 24.3 Å². The van der Waals surface area contributed by atoms with Crippen LogP contribution < -0.4 is 10.2 Å². The number of amides is 1. The third-order valence-electron chi connectivity index (χ3n) is 2.80. The SMILES string of the molecule is CCC(C)NCC(=O)N(C)c1ccccc1F. The molecule has 1 rings (SSSR count). The fraction of sp³-hybridized carbons (Fsp3) is 0.462. The van der Waals surface area contributed by atoms with Crippen LogP contribution in [-0.4, -0.2) is 25.5 Å². The molecule has 1 aromatic rings. The van der Waals surface area contributed by atoms with Crippen molar-refractivity contribution in [2.45, 2.75) is 26.3 Å². The Labute approximate surface area is 102 Å². The first kappa shape index (κ1) is 13.6. The van der Waals surface area contributed by atoms with Crippen LogP contribution in [0.1, 0.15) is 20.3 Å². The minimum absolute atomic E-state index is 0.143. The highest BCUT2D eigenvalue weighted by molar-refractivity contribution is 5.94. The van der Waals surface area contributed by atoms with Crippen LogP contribution >= 0.6 is 0 Å². The molecule has 0 radical (unpaired) electrons. The number of anilines is 1. The van der Waals surface area contributed by atoms with Gasteiger partial charge >= 0.3 is 0 Å². The lowest BCUT2D eigenvalue weighted by molar-refractivity contribution is -0.117. The Kier molecular flexibility index (Phi) is 5.10. The summed E-state index contributed by atoms with van der Waals surface area (Å²) in [7, 11) is 1.58. The summed E-state index contributed by atoms with van der Waals surface area (Å²) < 4.78 is 13.5. The molecule has 0 aliphatic carbocycles. The number of para-hydroxylation sites is 1. The van der Waals surface area contributed by atoms with E-state index in [-0.39, 0.29) is 24.3 Å². The minimum Gasteiger partial charge on any atom is -0.312 e. The number of nitrogens with one attached hydrogen (secondary N) is 1. The van der Waals surface area contributed by atoms with Crippen LogP contribution in [0.3, 0.4) is 0 Å². The van der Waals surface area contributed by atoms with Gasteiger partial charge in [0.15, 0.2) is 0 Å². The number of hydrogen-bond donors (Lipinski definition) is 1. The number of carbonyl (C=O) groups is 1. The largest absolute Gasteiger partial charge is 0.312 e. The summed E-state index contributed by atoms with van der Waals surface area (Å²) in [5, 5.41) is 3.09. The van der Waals surface area contributed by atoms with Gasteiger partial charge in [-0.3, -0.25) is 4.79 Å². The zero-order valence-electron chi connectivity index (χ0n) is 10.5. The molecule has 0 heterocycles. The number of benzene rings is 1. The van der Waals surface area contributed by atoms with Crippen molar-refractivity contribution in [1.29, 1.82) is 0 Å². The van der Waals surface area contributed by atoms with Crippen molar-refractivity contribution >= 4 is 11.6 Å². The third kappa shape index (κ3) is 3.82. The zero-order chi connectivity index (χ0) is 12.8. The summed E-state index contributed by atoms with van der Waals surface area (Å²) in [6.07, 6.45) is 0.955. The number of hydrogen-bond acceptors (Lipinski definition) is 2. The molecule has 0 saturated carbocycles. The number of nitrogens with zero attached hydrogens (tertiary/aromatic N) is 1. The molecule has 0 fully saturated rings. The zero-order valence-corrected chi connectivity index (χ0v) is 10.5. The van der Waals surface area contributed by atoms with E-state index >= 15 is 0 Å². The van der Waals surface area contributed by atoms with Gasteiger partial charge in [-0.15, -0.1) is 0 Å². The van der Waals surface area contributed by atoms with Crippen LogP contribution in [0.2, 0.25) is 0 Å². The number of carbonyl (C=O) groups excluding carboxylic acids is 1. The molecule has 94 valence electrons. The summed E-state index contributed by atoms with van der Waals surface area (Å²) in [6, 6.07) is 6.55. The van der Waals surface area contributed by atoms with Crippen LogP contribution in [0.25, 0.3) is 0 Å². The molecule has 0 aromatic heterocycles. The van der Waals surface area contributed by atoms with Crippen LogP contribution in [0, 0.1) is 5.82 Å². The molecule has 1 unspecified atom stereocenters. The van der Waals surface area contributed by atoms with E-state index in [0.717, 1.165) is 6.42 Å². The van der Waals surface area contributed by atoms with E-state index in [1.807, 2.05) is 13.8 Å². The fourth-order valence-electron chi connectivity index (χ4n) is 1.38. The molecular weight excluding hydrogens is 219 g/mol. The quantitative estimate of drug-likeness (QED) is 0.852. The maximum atomic E-state index is 13.5. The Morgan fingerprint density at radius 1 is 1.47 bits per heavy atom. The second-order valence-corrected chi connectivity index (χ2v) is 4.09. The fourth-order valence-corrected chi connectivity index (χ4v) is 1.38. The molecule has 17 heavy (non-hydrogen) atoms. The first-order chi connectivity index (χ1) is 8.06. The topological polar surface area (TPSA) is 32.3 Å². The van der Waals surface area contributed by atoms with Crippen molar-refractivity contribution in [3.8, 4) is 0 Å². The summed E-state index contributed by atoms with van der Waals surface area (Å²) in [6.45, 7) is 4.28. The van der Waals surface area contributed by atoms with Crippen LogP contribution in [0.4, 0.5) is 10.1 Å². The van der Waals surface area contributed by atoms with Gasteiger partial charge in [-0.2, -0.15) is 0 Å². The molecule has 0 bridgehead atoms. The summed E-state index contributed by atoms with van der Waals surface area (Å²) >= 11 is 0. The van der Waals surface area contributed by atoms with Crippen molar-refractivity contribution in [1.82, 2.24) is 5.32 Å². The van der Waals surface area contributed by atoms with Crippen LogP contribution in [0.5, 0.6) is 0 Å². The van der Waals surface area contributed by atoms with Crippen LogP contribution in [-0.2, 0) is 4.79 Å². The summed E-state index contributed by atoms with van der Waals surface area (Å²) in [4.78, 5) is 13.2. The van der Waals surface area contributed by atoms with Gasteiger partial charge in [0.05, 0.1) is 12.2 Å². The number of halogens is 1.